The molecule has 0 atom stereocenters. The highest BCUT2D eigenvalue weighted by Gasteiger charge is 2.31. The van der Waals surface area contributed by atoms with Gasteiger partial charge < -0.3 is 25.7 Å². The summed E-state index contributed by atoms with van der Waals surface area (Å²) in [6.45, 7) is 1.77. The van der Waals surface area contributed by atoms with Crippen LogP contribution in [-0.4, -0.2) is 45.8 Å². The van der Waals surface area contributed by atoms with E-state index in [1.54, 1.807) is 24.3 Å². The molecule has 0 saturated carbocycles. The SMILES string of the molecule is COc1cc(Cc2cnc(N)nc2N)cc(OC)c1OCCCN(c1ccc(C(F)(F)F)cc1)S(=O)(=O)c1ccc(C)cc1. The minimum atomic E-state index is -4.56. The zero-order valence-corrected chi connectivity index (χ0v) is 25.1. The first kappa shape index (κ1) is 32.2. The summed E-state index contributed by atoms with van der Waals surface area (Å²) < 4.78 is 84.9. The highest BCUT2D eigenvalue weighted by atomic mass is 32.2. The zero-order valence-electron chi connectivity index (χ0n) is 24.3. The molecule has 0 saturated heterocycles. The van der Waals surface area contributed by atoms with Crippen LogP contribution in [0.4, 0.5) is 30.6 Å². The second-order valence-electron chi connectivity index (χ2n) is 9.78. The van der Waals surface area contributed by atoms with Crippen LogP contribution in [0.5, 0.6) is 17.2 Å². The van der Waals surface area contributed by atoms with Crippen LogP contribution >= 0.6 is 0 Å². The predicted molar refractivity (Wildman–Crippen MR) is 160 cm³/mol. The van der Waals surface area contributed by atoms with Crippen molar-refractivity contribution < 1.29 is 35.8 Å². The van der Waals surface area contributed by atoms with E-state index < -0.39 is 21.8 Å². The lowest BCUT2D eigenvalue weighted by Crippen LogP contribution is -2.33. The first-order chi connectivity index (χ1) is 20.8. The molecule has 3 aromatic carbocycles. The monoisotopic (exact) mass is 631 g/mol. The van der Waals surface area contributed by atoms with E-state index in [9.17, 15) is 21.6 Å². The number of ether oxygens (including phenoxy) is 3. The Kier molecular flexibility index (Phi) is 9.72. The Hall–Kier alpha value is -4.72. The van der Waals surface area contributed by atoms with Crippen LogP contribution in [0.1, 0.15) is 28.7 Å². The van der Waals surface area contributed by atoms with Gasteiger partial charge in [-0.2, -0.15) is 18.2 Å². The Labute approximate surface area is 253 Å². The molecular weight excluding hydrogens is 599 g/mol. The van der Waals surface area contributed by atoms with E-state index in [1.807, 2.05) is 6.92 Å². The Morgan fingerprint density at radius 3 is 2.09 bits per heavy atom. The van der Waals surface area contributed by atoms with E-state index in [1.165, 1.54) is 32.5 Å². The number of hydrogen-bond donors (Lipinski definition) is 2. The van der Waals surface area contributed by atoms with Gasteiger partial charge in [0.1, 0.15) is 5.82 Å². The van der Waals surface area contributed by atoms with Crippen LogP contribution in [0.3, 0.4) is 0 Å². The topological polar surface area (TPSA) is 143 Å². The maximum Gasteiger partial charge on any atom is 0.416 e. The predicted octanol–water partition coefficient (Wildman–Crippen LogP) is 5.24. The summed E-state index contributed by atoms with van der Waals surface area (Å²) in [4.78, 5) is 7.97. The van der Waals surface area contributed by atoms with Crippen LogP contribution in [0, 0.1) is 6.92 Å². The lowest BCUT2D eigenvalue weighted by Gasteiger charge is -2.25. The molecule has 14 heteroatoms. The van der Waals surface area contributed by atoms with Gasteiger partial charge >= 0.3 is 6.18 Å². The van der Waals surface area contributed by atoms with Gasteiger partial charge in [-0.1, -0.05) is 17.7 Å². The summed E-state index contributed by atoms with van der Waals surface area (Å²) >= 11 is 0. The highest BCUT2D eigenvalue weighted by Crippen LogP contribution is 2.39. The van der Waals surface area contributed by atoms with Crippen molar-refractivity contribution in [1.29, 1.82) is 0 Å². The van der Waals surface area contributed by atoms with Crippen LogP contribution in [0.2, 0.25) is 0 Å². The first-order valence-corrected chi connectivity index (χ1v) is 14.8. The summed E-state index contributed by atoms with van der Waals surface area (Å²) in [5, 5.41) is 0. The second kappa shape index (κ2) is 13.3. The van der Waals surface area contributed by atoms with Crippen molar-refractivity contribution in [2.24, 2.45) is 0 Å². The Bertz CT molecular complexity index is 1680. The van der Waals surface area contributed by atoms with Crippen LogP contribution < -0.4 is 30.0 Å². The number of aryl methyl sites for hydroxylation is 1. The fraction of sp³-hybridized carbons (Fsp3) is 0.267. The maximum absolute atomic E-state index is 13.6. The Morgan fingerprint density at radius 2 is 1.55 bits per heavy atom. The molecule has 1 heterocycles. The molecule has 10 nitrogen and oxygen atoms in total. The molecule has 0 aliphatic carbocycles. The summed E-state index contributed by atoms with van der Waals surface area (Å²) in [6, 6.07) is 13.7. The fourth-order valence-corrected chi connectivity index (χ4v) is 5.90. The highest BCUT2D eigenvalue weighted by molar-refractivity contribution is 7.92. The van der Waals surface area contributed by atoms with E-state index in [-0.39, 0.29) is 41.9 Å². The average molecular weight is 632 g/mol. The number of hydrogen-bond acceptors (Lipinski definition) is 9. The van der Waals surface area contributed by atoms with E-state index >= 15 is 0 Å². The van der Waals surface area contributed by atoms with E-state index in [4.69, 9.17) is 25.7 Å². The number of aromatic nitrogens is 2. The molecule has 4 N–H and O–H groups in total. The normalized spacial score (nSPS) is 11.7. The van der Waals surface area contributed by atoms with Crippen LogP contribution in [0.25, 0.3) is 0 Å². The summed E-state index contributed by atoms with van der Waals surface area (Å²) in [5.74, 6) is 1.33. The zero-order chi connectivity index (χ0) is 32.1. The van der Waals surface area contributed by atoms with Gasteiger partial charge in [0.25, 0.3) is 10.0 Å². The van der Waals surface area contributed by atoms with E-state index in [2.05, 4.69) is 9.97 Å². The van der Waals surface area contributed by atoms with Crippen molar-refractivity contribution >= 4 is 27.5 Å². The van der Waals surface area contributed by atoms with Crippen molar-refractivity contribution in [3.63, 3.8) is 0 Å². The fourth-order valence-electron chi connectivity index (χ4n) is 4.39. The van der Waals surface area contributed by atoms with E-state index in [0.29, 0.717) is 29.2 Å². The molecule has 0 radical (unpaired) electrons. The van der Waals surface area contributed by atoms with Crippen LogP contribution in [0.15, 0.2) is 71.8 Å². The molecule has 44 heavy (non-hydrogen) atoms. The quantitative estimate of drug-likeness (QED) is 0.201. The molecule has 0 bridgehead atoms. The smallest absolute Gasteiger partial charge is 0.416 e. The average Bonchev–Trinajstić information content (AvgIpc) is 2.98. The number of sulfonamides is 1. The molecule has 0 aliphatic heterocycles. The number of nitrogens with two attached hydrogens (primary N) is 2. The van der Waals surface area contributed by atoms with Gasteiger partial charge in [-0.15, -0.1) is 0 Å². The second-order valence-corrected chi connectivity index (χ2v) is 11.6. The van der Waals surface area contributed by atoms with Gasteiger partial charge in [0.2, 0.25) is 11.7 Å². The molecule has 4 rings (SSSR count). The van der Waals surface area contributed by atoms with Gasteiger partial charge in [-0.25, -0.2) is 13.4 Å². The van der Waals surface area contributed by atoms with Crippen molar-refractivity contribution in [2.45, 2.75) is 30.8 Å². The van der Waals surface area contributed by atoms with Gasteiger partial charge in [0.15, 0.2) is 11.5 Å². The lowest BCUT2D eigenvalue weighted by molar-refractivity contribution is -0.137. The number of rotatable bonds is 12. The largest absolute Gasteiger partial charge is 0.493 e. The molecule has 0 unspecified atom stereocenters. The standard InChI is InChI=1S/C30H32F3N5O5S/c1-19-5-11-24(12-6-19)44(39,40)38(23-9-7-22(8-10-23)30(31,32)33)13-4-14-43-27-25(41-2)16-20(17-26(27)42-3)15-21-18-36-29(35)37-28(21)34/h5-12,16-18H,4,13-15H2,1-3H3,(H4,34,35,36,37). The van der Waals surface area contributed by atoms with Crippen molar-refractivity contribution in [2.75, 3.05) is 43.1 Å². The van der Waals surface area contributed by atoms with Crippen molar-refractivity contribution in [3.8, 4) is 17.2 Å². The van der Waals surface area contributed by atoms with Gasteiger partial charge in [0, 0.05) is 31.1 Å². The minimum absolute atomic E-state index is 0.00924. The summed E-state index contributed by atoms with van der Waals surface area (Å²) in [7, 11) is -1.18. The minimum Gasteiger partial charge on any atom is -0.493 e. The number of nitrogen functional groups attached to an aromatic ring is 2. The molecular formula is C30H32F3N5O5S. The Morgan fingerprint density at radius 1 is 0.932 bits per heavy atom. The number of nitrogens with zero attached hydrogens (tertiary/aromatic N) is 3. The number of methoxy groups -OCH3 is 2. The van der Waals surface area contributed by atoms with Crippen molar-refractivity contribution in [3.05, 3.63) is 89.1 Å². The van der Waals surface area contributed by atoms with Gasteiger partial charge in [0.05, 0.1) is 37.0 Å². The summed E-state index contributed by atoms with van der Waals surface area (Å²) in [6.07, 6.45) is -2.48. The van der Waals surface area contributed by atoms with Crippen LogP contribution in [-0.2, 0) is 22.6 Å². The van der Waals surface area contributed by atoms with Gasteiger partial charge in [-0.05, 0) is 61.0 Å². The van der Waals surface area contributed by atoms with Crippen molar-refractivity contribution in [1.82, 2.24) is 9.97 Å². The Balaban J connectivity index is 1.54. The molecule has 0 amide bonds. The molecule has 0 aliphatic rings. The first-order valence-electron chi connectivity index (χ1n) is 13.3. The summed E-state index contributed by atoms with van der Waals surface area (Å²) in [5.41, 5.74) is 13.0. The number of halogens is 3. The molecule has 1 aromatic heterocycles. The van der Waals surface area contributed by atoms with Gasteiger partial charge in [-0.3, -0.25) is 4.31 Å². The third-order valence-electron chi connectivity index (χ3n) is 6.68. The number of anilines is 3. The number of alkyl halides is 3. The lowest BCUT2D eigenvalue weighted by atomic mass is 10.1. The maximum atomic E-state index is 13.6. The molecule has 4 aromatic rings. The molecule has 0 spiro atoms. The van der Waals surface area contributed by atoms with E-state index in [0.717, 1.165) is 39.7 Å². The molecule has 0 fully saturated rings. The molecule has 234 valence electrons. The number of benzene rings is 3. The third kappa shape index (κ3) is 7.43. The third-order valence-corrected chi connectivity index (χ3v) is 8.52.